The van der Waals surface area contributed by atoms with Crippen LogP contribution >= 0.6 is 0 Å². The second-order valence-electron chi connectivity index (χ2n) is 4.14. The average molecular weight is 267 g/mol. The maximum atomic E-state index is 12.5. The quantitative estimate of drug-likeness (QED) is 0.924. The van der Waals surface area contributed by atoms with Gasteiger partial charge in [0.2, 0.25) is 0 Å². The minimum atomic E-state index is -4.46. The van der Waals surface area contributed by atoms with E-state index in [2.05, 4.69) is 4.98 Å². The first-order valence-corrected chi connectivity index (χ1v) is 5.73. The molecule has 19 heavy (non-hydrogen) atoms. The Bertz CT molecular complexity index is 540. The number of aromatic nitrogens is 1. The van der Waals surface area contributed by atoms with Crippen LogP contribution in [0.25, 0.3) is 0 Å². The van der Waals surface area contributed by atoms with Crippen LogP contribution in [0.2, 0.25) is 0 Å². The number of hydrogen-bond acceptors (Lipinski definition) is 2. The molecule has 0 saturated carbocycles. The lowest BCUT2D eigenvalue weighted by molar-refractivity contribution is -0.141. The molecule has 1 N–H and O–H groups in total. The smallest absolute Gasteiger partial charge is 0.388 e. The highest BCUT2D eigenvalue weighted by atomic mass is 19.4. The van der Waals surface area contributed by atoms with Crippen molar-refractivity contribution in [3.8, 4) is 0 Å². The van der Waals surface area contributed by atoms with Gasteiger partial charge in [0, 0.05) is 12.1 Å². The van der Waals surface area contributed by atoms with Gasteiger partial charge in [-0.3, -0.25) is 0 Å². The maximum absolute atomic E-state index is 12.5. The lowest BCUT2D eigenvalue weighted by atomic mass is 10.0. The Kier molecular flexibility index (Phi) is 3.85. The Morgan fingerprint density at radius 1 is 1.00 bits per heavy atom. The first-order valence-electron chi connectivity index (χ1n) is 5.73. The molecule has 0 fully saturated rings. The van der Waals surface area contributed by atoms with Gasteiger partial charge < -0.3 is 5.11 Å². The number of aliphatic hydroxyl groups excluding tert-OH is 1. The molecule has 0 aliphatic carbocycles. The molecule has 2 rings (SSSR count). The third-order valence-electron chi connectivity index (χ3n) is 2.68. The van der Waals surface area contributed by atoms with Crippen LogP contribution in [0.15, 0.2) is 48.5 Å². The van der Waals surface area contributed by atoms with Crippen molar-refractivity contribution < 1.29 is 18.3 Å². The molecule has 1 aromatic carbocycles. The summed E-state index contributed by atoms with van der Waals surface area (Å²) in [6.07, 6.45) is -5.28. The summed E-state index contributed by atoms with van der Waals surface area (Å²) in [7, 11) is 0. The van der Waals surface area contributed by atoms with E-state index in [1.54, 1.807) is 30.3 Å². The highest BCUT2D eigenvalue weighted by Gasteiger charge is 2.32. The molecule has 2 nitrogen and oxygen atoms in total. The van der Waals surface area contributed by atoms with Crippen LogP contribution in [0.5, 0.6) is 0 Å². The lowest BCUT2D eigenvalue weighted by Crippen LogP contribution is -2.11. The number of benzene rings is 1. The molecule has 0 aliphatic rings. The van der Waals surface area contributed by atoms with Crippen molar-refractivity contribution in [2.24, 2.45) is 0 Å². The lowest BCUT2D eigenvalue weighted by Gasteiger charge is -2.12. The van der Waals surface area contributed by atoms with Crippen molar-refractivity contribution in [2.75, 3.05) is 0 Å². The highest BCUT2D eigenvalue weighted by Crippen LogP contribution is 2.28. The molecule has 0 saturated heterocycles. The van der Waals surface area contributed by atoms with Crippen LogP contribution < -0.4 is 0 Å². The normalized spacial score (nSPS) is 13.3. The molecule has 0 bridgehead atoms. The summed E-state index contributed by atoms with van der Waals surface area (Å²) in [6.45, 7) is 0. The molecule has 0 amide bonds. The highest BCUT2D eigenvalue weighted by molar-refractivity contribution is 5.20. The van der Waals surface area contributed by atoms with E-state index >= 15 is 0 Å². The van der Waals surface area contributed by atoms with E-state index in [0.717, 1.165) is 6.07 Å². The second kappa shape index (κ2) is 5.40. The van der Waals surface area contributed by atoms with Crippen molar-refractivity contribution in [1.82, 2.24) is 4.98 Å². The third kappa shape index (κ3) is 3.54. The van der Waals surface area contributed by atoms with Crippen LogP contribution in [-0.4, -0.2) is 10.1 Å². The van der Waals surface area contributed by atoms with Crippen LogP contribution in [0, 0.1) is 0 Å². The number of aliphatic hydroxyl groups is 1. The van der Waals surface area contributed by atoms with E-state index in [0.29, 0.717) is 5.56 Å². The molecular weight excluding hydrogens is 255 g/mol. The van der Waals surface area contributed by atoms with Gasteiger partial charge in [-0.15, -0.1) is 0 Å². The zero-order valence-electron chi connectivity index (χ0n) is 9.93. The van der Waals surface area contributed by atoms with Gasteiger partial charge in [-0.2, -0.15) is 13.2 Å². The van der Waals surface area contributed by atoms with Gasteiger partial charge in [-0.05, 0) is 17.7 Å². The minimum Gasteiger partial charge on any atom is -0.388 e. The molecule has 0 radical (unpaired) electrons. The predicted molar refractivity (Wildman–Crippen MR) is 64.3 cm³/mol. The summed E-state index contributed by atoms with van der Waals surface area (Å²) in [5.41, 5.74) is -0.0712. The molecule has 100 valence electrons. The molecule has 1 aromatic heterocycles. The average Bonchev–Trinajstić information content (AvgIpc) is 2.39. The molecule has 1 unspecified atom stereocenters. The Morgan fingerprint density at radius 3 is 2.32 bits per heavy atom. The summed E-state index contributed by atoms with van der Waals surface area (Å²) in [5.74, 6) is 0. The SMILES string of the molecule is OC(Cc1cccc(C(F)(F)F)n1)c1ccccc1. The van der Waals surface area contributed by atoms with E-state index in [4.69, 9.17) is 0 Å². The second-order valence-corrected chi connectivity index (χ2v) is 4.14. The van der Waals surface area contributed by atoms with Gasteiger partial charge in [0.05, 0.1) is 6.10 Å². The minimum absolute atomic E-state index is 0.0495. The summed E-state index contributed by atoms with van der Waals surface area (Å²) >= 11 is 0. The van der Waals surface area contributed by atoms with Gasteiger partial charge >= 0.3 is 6.18 Å². The largest absolute Gasteiger partial charge is 0.433 e. The van der Waals surface area contributed by atoms with Crippen molar-refractivity contribution in [1.29, 1.82) is 0 Å². The van der Waals surface area contributed by atoms with Crippen LogP contribution in [-0.2, 0) is 12.6 Å². The fourth-order valence-electron chi connectivity index (χ4n) is 1.74. The van der Waals surface area contributed by atoms with Gasteiger partial charge in [0.25, 0.3) is 0 Å². The number of hydrogen-bond donors (Lipinski definition) is 1. The van der Waals surface area contributed by atoms with Crippen LogP contribution in [0.4, 0.5) is 13.2 Å². The van der Waals surface area contributed by atoms with Crippen molar-refractivity contribution in [3.63, 3.8) is 0 Å². The standard InChI is InChI=1S/C14H12F3NO/c15-14(16,17)13-8-4-7-11(18-13)9-12(19)10-5-2-1-3-6-10/h1-8,12,19H,9H2. The number of rotatable bonds is 3. The number of pyridine rings is 1. The summed E-state index contributed by atoms with van der Waals surface area (Å²) < 4.78 is 37.5. The van der Waals surface area contributed by atoms with E-state index in [1.807, 2.05) is 0 Å². The molecule has 1 heterocycles. The molecule has 2 aromatic rings. The van der Waals surface area contributed by atoms with Crippen LogP contribution in [0.3, 0.4) is 0 Å². The van der Waals surface area contributed by atoms with E-state index in [9.17, 15) is 18.3 Å². The number of nitrogens with zero attached hydrogens (tertiary/aromatic N) is 1. The monoisotopic (exact) mass is 267 g/mol. The van der Waals surface area contributed by atoms with Gasteiger partial charge in [0.15, 0.2) is 0 Å². The Hall–Kier alpha value is -1.88. The van der Waals surface area contributed by atoms with Crippen molar-refractivity contribution >= 4 is 0 Å². The number of alkyl halides is 3. The zero-order valence-corrected chi connectivity index (χ0v) is 9.93. The first-order chi connectivity index (χ1) is 8.97. The van der Waals surface area contributed by atoms with Crippen molar-refractivity contribution in [2.45, 2.75) is 18.7 Å². The third-order valence-corrected chi connectivity index (χ3v) is 2.68. The Balaban J connectivity index is 2.16. The van der Waals surface area contributed by atoms with Gasteiger partial charge in [-0.25, -0.2) is 4.98 Å². The Morgan fingerprint density at radius 2 is 1.68 bits per heavy atom. The maximum Gasteiger partial charge on any atom is 0.433 e. The zero-order chi connectivity index (χ0) is 13.9. The van der Waals surface area contributed by atoms with E-state index in [-0.39, 0.29) is 12.1 Å². The summed E-state index contributed by atoms with van der Waals surface area (Å²) in [4.78, 5) is 3.52. The van der Waals surface area contributed by atoms with Crippen LogP contribution in [0.1, 0.15) is 23.1 Å². The fourth-order valence-corrected chi connectivity index (χ4v) is 1.74. The van der Waals surface area contributed by atoms with E-state index in [1.165, 1.54) is 12.1 Å². The van der Waals surface area contributed by atoms with Crippen molar-refractivity contribution in [3.05, 3.63) is 65.5 Å². The van der Waals surface area contributed by atoms with E-state index < -0.39 is 18.0 Å². The topological polar surface area (TPSA) is 33.1 Å². The molecule has 1 atom stereocenters. The van der Waals surface area contributed by atoms with Gasteiger partial charge in [-0.1, -0.05) is 36.4 Å². The Labute approximate surface area is 108 Å². The summed E-state index contributed by atoms with van der Waals surface area (Å²) in [6, 6.07) is 12.5. The fraction of sp³-hybridized carbons (Fsp3) is 0.214. The first kappa shape index (κ1) is 13.5. The molecule has 0 aliphatic heterocycles. The summed E-state index contributed by atoms with van der Waals surface area (Å²) in [5, 5.41) is 9.95. The molecule has 5 heteroatoms. The molecule has 0 spiro atoms. The molecular formula is C14H12F3NO. The predicted octanol–water partition coefficient (Wildman–Crippen LogP) is 3.38. The van der Waals surface area contributed by atoms with Gasteiger partial charge in [0.1, 0.15) is 5.69 Å². The number of halogens is 3.